The lowest BCUT2D eigenvalue weighted by molar-refractivity contribution is 0.163. The van der Waals surface area contributed by atoms with Gasteiger partial charge in [0.2, 0.25) is 0 Å². The van der Waals surface area contributed by atoms with Gasteiger partial charge in [-0.15, -0.1) is 0 Å². The molecule has 0 radical (unpaired) electrons. The summed E-state index contributed by atoms with van der Waals surface area (Å²) in [4.78, 5) is 0. The Hall–Kier alpha value is -0.0800. The molecule has 82 valence electrons. The molecule has 2 aliphatic heterocycles. The summed E-state index contributed by atoms with van der Waals surface area (Å²) in [5.74, 6) is 2.62. The smallest absolute Gasteiger partial charge is 0.0133 e. The van der Waals surface area contributed by atoms with Crippen molar-refractivity contribution >= 4 is 0 Å². The van der Waals surface area contributed by atoms with Gasteiger partial charge in [-0.2, -0.15) is 0 Å². The average molecular weight is 196 g/mol. The van der Waals surface area contributed by atoms with E-state index in [1.54, 1.807) is 0 Å². The highest BCUT2D eigenvalue weighted by molar-refractivity contribution is 4.89. The van der Waals surface area contributed by atoms with Gasteiger partial charge in [-0.3, -0.25) is 0 Å². The Bertz CT molecular complexity index is 175. The van der Waals surface area contributed by atoms with Gasteiger partial charge in [-0.1, -0.05) is 13.8 Å². The minimum absolute atomic E-state index is 0.777. The van der Waals surface area contributed by atoms with Crippen LogP contribution in [-0.4, -0.2) is 25.7 Å². The first-order chi connectivity index (χ1) is 6.77. The van der Waals surface area contributed by atoms with Crippen LogP contribution in [0.2, 0.25) is 0 Å². The lowest BCUT2D eigenvalue weighted by Crippen LogP contribution is -2.51. The van der Waals surface area contributed by atoms with Crippen molar-refractivity contribution in [2.75, 3.05) is 19.6 Å². The summed E-state index contributed by atoms with van der Waals surface area (Å²) in [6.45, 7) is 8.47. The lowest BCUT2D eigenvalue weighted by Gasteiger charge is -2.40. The first-order valence-corrected chi connectivity index (χ1v) is 6.21. The van der Waals surface area contributed by atoms with Gasteiger partial charge in [0.15, 0.2) is 0 Å². The summed E-state index contributed by atoms with van der Waals surface area (Å²) in [5, 5.41) is 7.27. The summed E-state index contributed by atoms with van der Waals surface area (Å²) < 4.78 is 0. The zero-order valence-electron chi connectivity index (χ0n) is 9.55. The molecule has 0 spiro atoms. The molecule has 0 aromatic rings. The fraction of sp³-hybridized carbons (Fsp3) is 1.00. The summed E-state index contributed by atoms with van der Waals surface area (Å²) >= 11 is 0. The van der Waals surface area contributed by atoms with Crippen LogP contribution in [0.4, 0.5) is 0 Å². The van der Waals surface area contributed by atoms with Crippen molar-refractivity contribution < 1.29 is 0 Å². The van der Waals surface area contributed by atoms with Crippen molar-refractivity contribution in [1.29, 1.82) is 0 Å². The Kier molecular flexibility index (Phi) is 3.45. The van der Waals surface area contributed by atoms with Gasteiger partial charge in [-0.25, -0.2) is 0 Å². The van der Waals surface area contributed by atoms with E-state index in [1.807, 2.05) is 0 Å². The molecule has 0 aliphatic carbocycles. The molecule has 0 aromatic heterocycles. The standard InChI is InChI=1S/C12H24N2/c1-9-6-10(2)12(14-7-9)11-4-3-5-13-8-11/h9-14H,3-8H2,1-2H3. The number of rotatable bonds is 1. The molecule has 2 aliphatic rings. The number of nitrogens with one attached hydrogen (secondary N) is 2. The summed E-state index contributed by atoms with van der Waals surface area (Å²) in [7, 11) is 0. The highest BCUT2D eigenvalue weighted by Crippen LogP contribution is 2.28. The molecule has 2 N–H and O–H groups in total. The van der Waals surface area contributed by atoms with E-state index < -0.39 is 0 Å². The Morgan fingerprint density at radius 3 is 2.64 bits per heavy atom. The molecule has 4 unspecified atom stereocenters. The Morgan fingerprint density at radius 2 is 2.00 bits per heavy atom. The topological polar surface area (TPSA) is 24.1 Å². The minimum atomic E-state index is 0.777. The SMILES string of the molecule is CC1CNC(C2CCCNC2)C(C)C1. The van der Waals surface area contributed by atoms with Gasteiger partial charge in [-0.05, 0) is 56.7 Å². The third-order valence-corrected chi connectivity index (χ3v) is 3.93. The van der Waals surface area contributed by atoms with E-state index in [2.05, 4.69) is 24.5 Å². The van der Waals surface area contributed by atoms with Crippen LogP contribution < -0.4 is 10.6 Å². The Labute approximate surface area is 87.8 Å². The second-order valence-corrected chi connectivity index (χ2v) is 5.36. The third kappa shape index (κ3) is 2.29. The first kappa shape index (κ1) is 10.4. The van der Waals surface area contributed by atoms with Crippen molar-refractivity contribution in [3.63, 3.8) is 0 Å². The largest absolute Gasteiger partial charge is 0.316 e. The van der Waals surface area contributed by atoms with Gasteiger partial charge < -0.3 is 10.6 Å². The van der Waals surface area contributed by atoms with Crippen LogP contribution >= 0.6 is 0 Å². The Balaban J connectivity index is 1.89. The van der Waals surface area contributed by atoms with Crippen LogP contribution in [0.15, 0.2) is 0 Å². The molecule has 2 rings (SSSR count). The van der Waals surface area contributed by atoms with Gasteiger partial charge >= 0.3 is 0 Å². The van der Waals surface area contributed by atoms with Crippen molar-refractivity contribution in [3.8, 4) is 0 Å². The quantitative estimate of drug-likeness (QED) is 0.666. The summed E-state index contributed by atoms with van der Waals surface area (Å²) in [6, 6.07) is 0.777. The number of piperidine rings is 2. The molecule has 2 saturated heterocycles. The molecule has 2 fully saturated rings. The van der Waals surface area contributed by atoms with E-state index in [1.165, 1.54) is 38.9 Å². The monoisotopic (exact) mass is 196 g/mol. The molecule has 0 bridgehead atoms. The molecule has 0 aromatic carbocycles. The fourth-order valence-electron chi connectivity index (χ4n) is 3.22. The zero-order chi connectivity index (χ0) is 9.97. The highest BCUT2D eigenvalue weighted by atomic mass is 15.0. The maximum Gasteiger partial charge on any atom is 0.0133 e. The zero-order valence-corrected chi connectivity index (χ0v) is 9.55. The molecular weight excluding hydrogens is 172 g/mol. The maximum atomic E-state index is 3.75. The van der Waals surface area contributed by atoms with Crippen molar-refractivity contribution in [2.24, 2.45) is 17.8 Å². The van der Waals surface area contributed by atoms with E-state index in [-0.39, 0.29) is 0 Å². The van der Waals surface area contributed by atoms with Gasteiger partial charge in [0.05, 0.1) is 0 Å². The highest BCUT2D eigenvalue weighted by Gasteiger charge is 2.31. The molecule has 2 heterocycles. The van der Waals surface area contributed by atoms with Gasteiger partial charge in [0, 0.05) is 6.04 Å². The van der Waals surface area contributed by atoms with Crippen LogP contribution in [0, 0.1) is 17.8 Å². The van der Waals surface area contributed by atoms with Gasteiger partial charge in [0.1, 0.15) is 0 Å². The third-order valence-electron chi connectivity index (χ3n) is 3.93. The molecule has 2 nitrogen and oxygen atoms in total. The van der Waals surface area contributed by atoms with Crippen LogP contribution in [0.3, 0.4) is 0 Å². The van der Waals surface area contributed by atoms with E-state index in [9.17, 15) is 0 Å². The van der Waals surface area contributed by atoms with Crippen LogP contribution in [0.5, 0.6) is 0 Å². The van der Waals surface area contributed by atoms with Crippen LogP contribution in [0.25, 0.3) is 0 Å². The van der Waals surface area contributed by atoms with E-state index in [0.717, 1.165) is 23.8 Å². The average Bonchev–Trinajstić information content (AvgIpc) is 2.19. The molecular formula is C12H24N2. The van der Waals surface area contributed by atoms with Crippen molar-refractivity contribution in [1.82, 2.24) is 10.6 Å². The Morgan fingerprint density at radius 1 is 1.14 bits per heavy atom. The second-order valence-electron chi connectivity index (χ2n) is 5.36. The van der Waals surface area contributed by atoms with E-state index >= 15 is 0 Å². The summed E-state index contributed by atoms with van der Waals surface area (Å²) in [6.07, 6.45) is 4.20. The fourth-order valence-corrected chi connectivity index (χ4v) is 3.22. The van der Waals surface area contributed by atoms with Crippen LogP contribution in [0.1, 0.15) is 33.1 Å². The predicted molar refractivity (Wildman–Crippen MR) is 60.3 cm³/mol. The number of hydrogen-bond acceptors (Lipinski definition) is 2. The molecule has 14 heavy (non-hydrogen) atoms. The van der Waals surface area contributed by atoms with E-state index in [0.29, 0.717) is 0 Å². The normalized spacial score (nSPS) is 45.0. The minimum Gasteiger partial charge on any atom is -0.316 e. The van der Waals surface area contributed by atoms with Crippen molar-refractivity contribution in [2.45, 2.75) is 39.2 Å². The second kappa shape index (κ2) is 4.63. The first-order valence-electron chi connectivity index (χ1n) is 6.21. The van der Waals surface area contributed by atoms with Gasteiger partial charge in [0.25, 0.3) is 0 Å². The van der Waals surface area contributed by atoms with Crippen molar-refractivity contribution in [3.05, 3.63) is 0 Å². The molecule has 2 heteroatoms. The summed E-state index contributed by atoms with van der Waals surface area (Å²) in [5.41, 5.74) is 0. The molecule has 0 amide bonds. The molecule has 4 atom stereocenters. The molecule has 0 saturated carbocycles. The van der Waals surface area contributed by atoms with Crippen LogP contribution in [-0.2, 0) is 0 Å². The maximum absolute atomic E-state index is 3.75. The lowest BCUT2D eigenvalue weighted by atomic mass is 9.78. The number of hydrogen-bond donors (Lipinski definition) is 2. The van der Waals surface area contributed by atoms with E-state index in [4.69, 9.17) is 0 Å². The predicted octanol–water partition coefficient (Wildman–Crippen LogP) is 1.62.